The Morgan fingerprint density at radius 1 is 1.24 bits per heavy atom. The Hall–Kier alpha value is -2.20. The van der Waals surface area contributed by atoms with Gasteiger partial charge >= 0.3 is 5.97 Å². The average Bonchev–Trinajstić information content (AvgIpc) is 3.13. The minimum absolute atomic E-state index is 0.282. The summed E-state index contributed by atoms with van der Waals surface area (Å²) in [6, 6.07) is 8.60. The summed E-state index contributed by atoms with van der Waals surface area (Å²) >= 11 is 0. The monoisotopic (exact) mass is 400 g/mol. The van der Waals surface area contributed by atoms with Crippen molar-refractivity contribution in [1.29, 1.82) is 0 Å². The van der Waals surface area contributed by atoms with Gasteiger partial charge in [-0.1, -0.05) is 48.6 Å². The molecule has 0 aromatic heterocycles. The van der Waals surface area contributed by atoms with E-state index in [0.29, 0.717) is 18.3 Å². The van der Waals surface area contributed by atoms with Crippen molar-refractivity contribution in [2.45, 2.75) is 71.8 Å². The fourth-order valence-electron chi connectivity index (χ4n) is 3.18. The normalized spacial score (nSPS) is 16.3. The first-order chi connectivity index (χ1) is 14.0. The van der Waals surface area contributed by atoms with E-state index in [-0.39, 0.29) is 6.42 Å². The number of carbonyl (C=O) groups excluding carboxylic acids is 1. The van der Waals surface area contributed by atoms with Gasteiger partial charge in [0.15, 0.2) is 0 Å². The number of benzene rings is 1. The van der Waals surface area contributed by atoms with Crippen LogP contribution in [0, 0.1) is 5.92 Å². The third-order valence-corrected chi connectivity index (χ3v) is 4.75. The van der Waals surface area contributed by atoms with Gasteiger partial charge in [-0.15, -0.1) is 0 Å². The van der Waals surface area contributed by atoms with Crippen molar-refractivity contribution in [3.05, 3.63) is 59.7 Å². The lowest BCUT2D eigenvalue weighted by molar-refractivity contribution is -0.137. The summed E-state index contributed by atoms with van der Waals surface area (Å²) in [6.07, 6.45) is 14.9. The van der Waals surface area contributed by atoms with E-state index in [1.165, 1.54) is 11.1 Å². The highest BCUT2D eigenvalue weighted by Crippen LogP contribution is 2.23. The second-order valence-corrected chi connectivity index (χ2v) is 7.32. The number of unbranched alkanes of at least 4 members (excludes halogenated alkanes) is 1. The summed E-state index contributed by atoms with van der Waals surface area (Å²) in [4.78, 5) is 21.1. The maximum Gasteiger partial charge on any atom is 0.303 e. The van der Waals surface area contributed by atoms with Gasteiger partial charge in [0.1, 0.15) is 5.78 Å². The molecule has 1 aliphatic carbocycles. The standard InChI is InChI=1S/C18H24O2.C7H12O2/c1-2-20-14-17-9-5-8-15(12-17)6-3-4-7-16-10-11-18(19)13-16;1-2-3-4-5-6-7(8)9/h4-5,7-9,12,16H,2-3,6,10-11,13-14H2,1H3;2-3H,4-6H2,1H3,(H,8,9)/b7-4+;3-2-/t16-;/m0./s1. The van der Waals surface area contributed by atoms with Gasteiger partial charge in [-0.2, -0.15) is 0 Å². The number of hydrogen-bond donors (Lipinski definition) is 1. The van der Waals surface area contributed by atoms with Gasteiger partial charge in [0.05, 0.1) is 6.61 Å². The number of rotatable bonds is 11. The quantitative estimate of drug-likeness (QED) is 0.371. The van der Waals surface area contributed by atoms with Crippen LogP contribution in [-0.2, 0) is 27.4 Å². The van der Waals surface area contributed by atoms with Crippen LogP contribution >= 0.6 is 0 Å². The third-order valence-electron chi connectivity index (χ3n) is 4.75. The number of ketones is 1. The highest BCUT2D eigenvalue weighted by molar-refractivity contribution is 5.80. The molecule has 2 rings (SSSR count). The van der Waals surface area contributed by atoms with Crippen LogP contribution < -0.4 is 0 Å². The number of carboxylic acid groups (broad SMARTS) is 1. The average molecular weight is 401 g/mol. The van der Waals surface area contributed by atoms with Crippen molar-refractivity contribution in [3.63, 3.8) is 0 Å². The van der Waals surface area contributed by atoms with Gasteiger partial charge in [0.2, 0.25) is 0 Å². The van der Waals surface area contributed by atoms with Crippen LogP contribution in [-0.4, -0.2) is 23.5 Å². The Morgan fingerprint density at radius 2 is 2.03 bits per heavy atom. The van der Waals surface area contributed by atoms with E-state index >= 15 is 0 Å². The van der Waals surface area contributed by atoms with Gasteiger partial charge in [0, 0.05) is 25.9 Å². The molecule has 1 aliphatic rings. The second-order valence-electron chi connectivity index (χ2n) is 7.32. The maximum absolute atomic E-state index is 11.2. The van der Waals surface area contributed by atoms with Crippen LogP contribution in [0.15, 0.2) is 48.6 Å². The van der Waals surface area contributed by atoms with E-state index < -0.39 is 5.97 Å². The smallest absolute Gasteiger partial charge is 0.303 e. The molecule has 29 heavy (non-hydrogen) atoms. The van der Waals surface area contributed by atoms with E-state index in [1.54, 1.807) is 0 Å². The zero-order valence-electron chi connectivity index (χ0n) is 17.9. The van der Waals surface area contributed by atoms with Crippen molar-refractivity contribution in [2.75, 3.05) is 6.61 Å². The lowest BCUT2D eigenvalue weighted by atomic mass is 10.0. The largest absolute Gasteiger partial charge is 0.481 e. The van der Waals surface area contributed by atoms with Crippen LogP contribution in [0.5, 0.6) is 0 Å². The number of aliphatic carboxylic acids is 1. The predicted molar refractivity (Wildman–Crippen MR) is 118 cm³/mol. The molecule has 0 bridgehead atoms. The Kier molecular flexibility index (Phi) is 13.4. The molecule has 1 N–H and O–H groups in total. The molecule has 4 heteroatoms. The molecule has 1 atom stereocenters. The highest BCUT2D eigenvalue weighted by atomic mass is 16.5. The van der Waals surface area contributed by atoms with Crippen LogP contribution in [0.4, 0.5) is 0 Å². The summed E-state index contributed by atoms with van der Waals surface area (Å²) in [5.74, 6) is 0.203. The van der Waals surface area contributed by atoms with E-state index in [0.717, 1.165) is 51.6 Å². The molecule has 1 aromatic rings. The fraction of sp³-hybridized carbons (Fsp3) is 0.520. The summed E-state index contributed by atoms with van der Waals surface area (Å²) in [6.45, 7) is 5.40. The fourth-order valence-corrected chi connectivity index (χ4v) is 3.18. The van der Waals surface area contributed by atoms with E-state index in [2.05, 4.69) is 36.4 Å². The predicted octanol–water partition coefficient (Wildman–Crippen LogP) is 5.90. The van der Waals surface area contributed by atoms with Gasteiger partial charge in [-0.05, 0) is 63.0 Å². The molecular weight excluding hydrogens is 364 g/mol. The van der Waals surface area contributed by atoms with E-state index in [4.69, 9.17) is 9.84 Å². The van der Waals surface area contributed by atoms with Crippen LogP contribution in [0.2, 0.25) is 0 Å². The number of ether oxygens (including phenoxy) is 1. The second kappa shape index (κ2) is 15.7. The Balaban J connectivity index is 0.000000396. The van der Waals surface area contributed by atoms with Crippen LogP contribution in [0.3, 0.4) is 0 Å². The number of carbonyl (C=O) groups is 2. The molecular formula is C25H36O4. The molecule has 1 fully saturated rings. The van der Waals surface area contributed by atoms with Crippen molar-refractivity contribution in [3.8, 4) is 0 Å². The van der Waals surface area contributed by atoms with Gasteiger partial charge in [-0.3, -0.25) is 9.59 Å². The van der Waals surface area contributed by atoms with Crippen molar-refractivity contribution >= 4 is 11.8 Å². The lowest BCUT2D eigenvalue weighted by Crippen LogP contribution is -1.93. The highest BCUT2D eigenvalue weighted by Gasteiger charge is 2.18. The topological polar surface area (TPSA) is 63.6 Å². The van der Waals surface area contributed by atoms with Crippen molar-refractivity contribution in [2.24, 2.45) is 5.92 Å². The van der Waals surface area contributed by atoms with Crippen molar-refractivity contribution in [1.82, 2.24) is 0 Å². The molecule has 1 saturated carbocycles. The number of Topliss-reactive ketones (excluding diaryl/α,β-unsaturated/α-hetero) is 1. The molecule has 160 valence electrons. The summed E-state index contributed by atoms with van der Waals surface area (Å²) in [5.41, 5.74) is 2.60. The Labute approximate surface area is 175 Å². The first kappa shape index (κ1) is 24.8. The summed E-state index contributed by atoms with van der Waals surface area (Å²) in [7, 11) is 0. The van der Waals surface area contributed by atoms with Crippen LogP contribution in [0.25, 0.3) is 0 Å². The molecule has 4 nitrogen and oxygen atoms in total. The SMILES string of the molecule is C/C=C\CCCC(=O)O.CCOCc1cccc(CC/C=C/[C@H]2CCC(=O)C2)c1. The molecule has 0 heterocycles. The Morgan fingerprint density at radius 3 is 2.69 bits per heavy atom. The lowest BCUT2D eigenvalue weighted by Gasteiger charge is -2.05. The molecule has 0 saturated heterocycles. The Bertz CT molecular complexity index is 661. The molecule has 1 aromatic carbocycles. The van der Waals surface area contributed by atoms with Gasteiger partial charge in [-0.25, -0.2) is 0 Å². The van der Waals surface area contributed by atoms with E-state index in [1.807, 2.05) is 26.0 Å². The molecule has 0 radical (unpaired) electrons. The summed E-state index contributed by atoms with van der Waals surface area (Å²) < 4.78 is 5.43. The van der Waals surface area contributed by atoms with E-state index in [9.17, 15) is 9.59 Å². The molecule has 0 unspecified atom stereocenters. The first-order valence-electron chi connectivity index (χ1n) is 10.7. The van der Waals surface area contributed by atoms with Gasteiger partial charge in [0.25, 0.3) is 0 Å². The van der Waals surface area contributed by atoms with Crippen LogP contribution in [0.1, 0.15) is 69.9 Å². The zero-order chi connectivity index (χ0) is 21.3. The summed E-state index contributed by atoms with van der Waals surface area (Å²) in [5, 5.41) is 8.19. The number of aryl methyl sites for hydroxylation is 1. The van der Waals surface area contributed by atoms with Gasteiger partial charge < -0.3 is 9.84 Å². The third kappa shape index (κ3) is 12.8. The molecule has 0 amide bonds. The minimum atomic E-state index is -0.709. The molecule has 0 aliphatic heterocycles. The molecule has 0 spiro atoms. The zero-order valence-corrected chi connectivity index (χ0v) is 17.9. The maximum atomic E-state index is 11.2. The number of allylic oxidation sites excluding steroid dienone is 4. The number of carboxylic acids is 1. The van der Waals surface area contributed by atoms with Crippen molar-refractivity contribution < 1.29 is 19.4 Å². The first-order valence-corrected chi connectivity index (χ1v) is 10.7. The number of hydrogen-bond acceptors (Lipinski definition) is 3. The minimum Gasteiger partial charge on any atom is -0.481 e.